The SMILES string of the molecule is NC1C2CCC(C2)C1C(=O)N1CCCC(c2nc(-c3ccc(F)cc3)no2)C1. The lowest BCUT2D eigenvalue weighted by Crippen LogP contribution is -2.49. The van der Waals surface area contributed by atoms with Crippen molar-refractivity contribution in [2.45, 2.75) is 44.1 Å². The van der Waals surface area contributed by atoms with E-state index in [1.807, 2.05) is 4.90 Å². The third-order valence-electron chi connectivity index (χ3n) is 6.89. The summed E-state index contributed by atoms with van der Waals surface area (Å²) in [5.74, 6) is 1.91. The number of nitrogens with two attached hydrogens (primary N) is 1. The van der Waals surface area contributed by atoms with Gasteiger partial charge in [0.2, 0.25) is 17.6 Å². The van der Waals surface area contributed by atoms with Gasteiger partial charge in [0.15, 0.2) is 0 Å². The predicted molar refractivity (Wildman–Crippen MR) is 101 cm³/mol. The summed E-state index contributed by atoms with van der Waals surface area (Å²) in [6, 6.07) is 6.05. The average molecular weight is 384 g/mol. The molecule has 5 rings (SSSR count). The van der Waals surface area contributed by atoms with Gasteiger partial charge in [-0.15, -0.1) is 0 Å². The molecule has 148 valence electrons. The molecule has 2 heterocycles. The van der Waals surface area contributed by atoms with Crippen LogP contribution in [0.4, 0.5) is 4.39 Å². The molecule has 3 fully saturated rings. The molecule has 2 bridgehead atoms. The molecule has 5 unspecified atom stereocenters. The van der Waals surface area contributed by atoms with Crippen molar-refractivity contribution < 1.29 is 13.7 Å². The zero-order valence-electron chi connectivity index (χ0n) is 15.8. The largest absolute Gasteiger partial charge is 0.342 e. The first-order valence-corrected chi connectivity index (χ1v) is 10.2. The Morgan fingerprint density at radius 3 is 2.71 bits per heavy atom. The van der Waals surface area contributed by atoms with E-state index in [1.54, 1.807) is 12.1 Å². The van der Waals surface area contributed by atoms with Crippen molar-refractivity contribution in [1.29, 1.82) is 0 Å². The molecule has 3 aliphatic rings. The van der Waals surface area contributed by atoms with Crippen LogP contribution < -0.4 is 5.73 Å². The first kappa shape index (κ1) is 17.8. The van der Waals surface area contributed by atoms with Crippen LogP contribution in [-0.4, -0.2) is 40.1 Å². The molecule has 6 nitrogen and oxygen atoms in total. The molecule has 2 saturated carbocycles. The summed E-state index contributed by atoms with van der Waals surface area (Å²) >= 11 is 0. The Bertz CT molecular complexity index is 866. The molecule has 5 atom stereocenters. The van der Waals surface area contributed by atoms with E-state index in [1.165, 1.54) is 18.6 Å². The highest BCUT2D eigenvalue weighted by Crippen LogP contribution is 2.48. The van der Waals surface area contributed by atoms with Crippen molar-refractivity contribution in [3.63, 3.8) is 0 Å². The number of rotatable bonds is 3. The van der Waals surface area contributed by atoms with E-state index in [9.17, 15) is 9.18 Å². The molecule has 2 N–H and O–H groups in total. The number of carbonyl (C=O) groups is 1. The van der Waals surface area contributed by atoms with E-state index in [2.05, 4.69) is 10.1 Å². The lowest BCUT2D eigenvalue weighted by molar-refractivity contribution is -0.139. The number of hydrogen-bond donors (Lipinski definition) is 1. The number of amides is 1. The molecule has 1 amide bonds. The summed E-state index contributed by atoms with van der Waals surface area (Å²) in [6.45, 7) is 1.37. The Kier molecular flexibility index (Phi) is 4.42. The summed E-state index contributed by atoms with van der Waals surface area (Å²) in [7, 11) is 0. The number of carbonyl (C=O) groups excluding carboxylic acids is 1. The summed E-state index contributed by atoms with van der Waals surface area (Å²) in [5.41, 5.74) is 7.10. The second kappa shape index (κ2) is 6.95. The van der Waals surface area contributed by atoms with Crippen LogP contribution in [0.5, 0.6) is 0 Å². The normalized spacial score (nSPS) is 32.1. The Morgan fingerprint density at radius 1 is 1.18 bits per heavy atom. The molecule has 1 aromatic carbocycles. The van der Waals surface area contributed by atoms with Crippen molar-refractivity contribution in [3.8, 4) is 11.4 Å². The topological polar surface area (TPSA) is 85.3 Å². The zero-order chi connectivity index (χ0) is 19.3. The summed E-state index contributed by atoms with van der Waals surface area (Å²) in [6.07, 6.45) is 5.25. The van der Waals surface area contributed by atoms with Crippen LogP contribution in [0.2, 0.25) is 0 Å². The van der Waals surface area contributed by atoms with Gasteiger partial charge in [0.1, 0.15) is 5.82 Å². The first-order valence-electron chi connectivity index (χ1n) is 10.2. The van der Waals surface area contributed by atoms with Crippen LogP contribution in [-0.2, 0) is 4.79 Å². The second-order valence-corrected chi connectivity index (χ2v) is 8.52. The van der Waals surface area contributed by atoms with Gasteiger partial charge in [-0.05, 0) is 68.2 Å². The quantitative estimate of drug-likeness (QED) is 0.879. The Balaban J connectivity index is 1.30. The number of aromatic nitrogens is 2. The van der Waals surface area contributed by atoms with Crippen molar-refractivity contribution in [2.75, 3.05) is 13.1 Å². The van der Waals surface area contributed by atoms with Crippen LogP contribution in [0.3, 0.4) is 0 Å². The minimum Gasteiger partial charge on any atom is -0.342 e. The van der Waals surface area contributed by atoms with E-state index in [4.69, 9.17) is 10.3 Å². The van der Waals surface area contributed by atoms with Gasteiger partial charge in [-0.3, -0.25) is 4.79 Å². The molecule has 7 heteroatoms. The Morgan fingerprint density at radius 2 is 1.96 bits per heavy atom. The highest BCUT2D eigenvalue weighted by atomic mass is 19.1. The third kappa shape index (κ3) is 3.02. The Labute approximate surface area is 163 Å². The number of hydrogen-bond acceptors (Lipinski definition) is 5. The van der Waals surface area contributed by atoms with Crippen molar-refractivity contribution in [1.82, 2.24) is 15.0 Å². The number of nitrogens with zero attached hydrogens (tertiary/aromatic N) is 3. The number of benzene rings is 1. The Hall–Kier alpha value is -2.28. The van der Waals surface area contributed by atoms with E-state index < -0.39 is 0 Å². The van der Waals surface area contributed by atoms with Gasteiger partial charge in [-0.25, -0.2) is 4.39 Å². The highest BCUT2D eigenvalue weighted by Gasteiger charge is 2.50. The summed E-state index contributed by atoms with van der Waals surface area (Å²) in [5, 5.41) is 4.05. The van der Waals surface area contributed by atoms with Gasteiger partial charge >= 0.3 is 0 Å². The second-order valence-electron chi connectivity index (χ2n) is 8.52. The van der Waals surface area contributed by atoms with Crippen molar-refractivity contribution in [3.05, 3.63) is 36.0 Å². The summed E-state index contributed by atoms with van der Waals surface area (Å²) < 4.78 is 18.6. The number of halogens is 1. The smallest absolute Gasteiger partial charge is 0.231 e. The van der Waals surface area contributed by atoms with Gasteiger partial charge in [-0.1, -0.05) is 5.16 Å². The standard InChI is InChI=1S/C21H25FN4O2/c22-16-7-5-12(6-8-16)19-24-20(28-25-19)15-2-1-9-26(11-15)21(27)17-13-3-4-14(10-13)18(17)23/h5-8,13-15,17-18H,1-4,9-11,23H2. The van der Waals surface area contributed by atoms with Crippen LogP contribution in [0.25, 0.3) is 11.4 Å². The highest BCUT2D eigenvalue weighted by molar-refractivity contribution is 5.80. The minimum atomic E-state index is -0.298. The maximum absolute atomic E-state index is 13.2. The number of fused-ring (bicyclic) bond motifs is 2. The minimum absolute atomic E-state index is 0.0140. The lowest BCUT2D eigenvalue weighted by atomic mass is 9.83. The average Bonchev–Trinajstić information content (AvgIpc) is 3.44. The molecule has 1 aliphatic heterocycles. The zero-order valence-corrected chi connectivity index (χ0v) is 15.8. The molecule has 2 aromatic rings. The third-order valence-corrected chi connectivity index (χ3v) is 6.89. The van der Waals surface area contributed by atoms with Gasteiger partial charge in [0.05, 0.1) is 11.8 Å². The van der Waals surface area contributed by atoms with Crippen LogP contribution in [0.1, 0.15) is 43.9 Å². The molecular formula is C21H25FN4O2. The number of piperidine rings is 1. The van der Waals surface area contributed by atoms with Gasteiger partial charge in [0, 0.05) is 24.7 Å². The number of likely N-dealkylation sites (tertiary alicyclic amines) is 1. The van der Waals surface area contributed by atoms with Crippen LogP contribution >= 0.6 is 0 Å². The molecule has 28 heavy (non-hydrogen) atoms. The van der Waals surface area contributed by atoms with E-state index in [0.717, 1.165) is 32.2 Å². The molecule has 1 aromatic heterocycles. The van der Waals surface area contributed by atoms with E-state index in [0.29, 0.717) is 35.7 Å². The fourth-order valence-corrected chi connectivity index (χ4v) is 5.41. The van der Waals surface area contributed by atoms with Crippen molar-refractivity contribution >= 4 is 5.91 Å². The molecule has 0 spiro atoms. The van der Waals surface area contributed by atoms with Gasteiger partial charge in [0.25, 0.3) is 0 Å². The maximum Gasteiger partial charge on any atom is 0.231 e. The molecular weight excluding hydrogens is 359 g/mol. The molecule has 2 aliphatic carbocycles. The maximum atomic E-state index is 13.2. The monoisotopic (exact) mass is 384 g/mol. The fraction of sp³-hybridized carbons (Fsp3) is 0.571. The fourth-order valence-electron chi connectivity index (χ4n) is 5.41. The van der Waals surface area contributed by atoms with E-state index >= 15 is 0 Å². The molecule has 1 saturated heterocycles. The van der Waals surface area contributed by atoms with Gasteiger partial charge in [-0.2, -0.15) is 4.98 Å². The lowest BCUT2D eigenvalue weighted by Gasteiger charge is -2.36. The van der Waals surface area contributed by atoms with Crippen LogP contribution in [0.15, 0.2) is 28.8 Å². The predicted octanol–water partition coefficient (Wildman–Crippen LogP) is 2.96. The van der Waals surface area contributed by atoms with Crippen molar-refractivity contribution in [2.24, 2.45) is 23.5 Å². The first-order chi connectivity index (χ1) is 13.6. The van der Waals surface area contributed by atoms with Gasteiger partial charge < -0.3 is 15.2 Å². The van der Waals surface area contributed by atoms with E-state index in [-0.39, 0.29) is 29.6 Å². The summed E-state index contributed by atoms with van der Waals surface area (Å²) in [4.78, 5) is 19.7. The molecule has 0 radical (unpaired) electrons. The van der Waals surface area contributed by atoms with Crippen LogP contribution in [0, 0.1) is 23.6 Å².